The molecule has 1 unspecified atom stereocenters. The quantitative estimate of drug-likeness (QED) is 0.359. The highest BCUT2D eigenvalue weighted by Crippen LogP contribution is 2.26. The zero-order chi connectivity index (χ0) is 27.9. The number of amides is 2. The highest BCUT2D eigenvalue weighted by Gasteiger charge is 2.32. The second kappa shape index (κ2) is 12.9. The molecule has 1 atom stereocenters. The second-order valence-electron chi connectivity index (χ2n) is 9.62. The summed E-state index contributed by atoms with van der Waals surface area (Å²) in [5, 5.41) is 3.28. The van der Waals surface area contributed by atoms with E-state index < -0.39 is 28.5 Å². The predicted molar refractivity (Wildman–Crippen MR) is 151 cm³/mol. The number of carbonyl (C=O) groups excluding carboxylic acids is 2. The molecule has 0 aromatic heterocycles. The minimum absolute atomic E-state index is 0.00705. The van der Waals surface area contributed by atoms with Crippen LogP contribution in [0.15, 0.2) is 83.8 Å². The van der Waals surface area contributed by atoms with Gasteiger partial charge in [0, 0.05) is 18.1 Å². The van der Waals surface area contributed by atoms with E-state index in [4.69, 9.17) is 11.6 Å². The van der Waals surface area contributed by atoms with Gasteiger partial charge in [0.2, 0.25) is 11.8 Å². The minimum atomic E-state index is -4.13. The highest BCUT2D eigenvalue weighted by molar-refractivity contribution is 7.92. The van der Waals surface area contributed by atoms with E-state index in [9.17, 15) is 18.0 Å². The highest BCUT2D eigenvalue weighted by atomic mass is 35.5. The molecule has 3 rings (SSSR count). The zero-order valence-corrected chi connectivity index (χ0v) is 23.7. The number of halogens is 1. The lowest BCUT2D eigenvalue weighted by Gasteiger charge is -2.32. The van der Waals surface area contributed by atoms with Crippen molar-refractivity contribution in [2.24, 2.45) is 5.92 Å². The SMILES string of the molecule is Cc1ccc(N(CC(=O)N(Cc2ccccc2)C(C)C(=O)NCC(C)C)S(=O)(=O)c2ccc(Cl)cc2)cc1. The molecule has 0 saturated carbocycles. The van der Waals surface area contributed by atoms with E-state index in [0.29, 0.717) is 17.3 Å². The number of anilines is 1. The van der Waals surface area contributed by atoms with Crippen molar-refractivity contribution in [2.45, 2.75) is 45.2 Å². The van der Waals surface area contributed by atoms with Crippen LogP contribution in [0, 0.1) is 12.8 Å². The molecule has 0 bridgehead atoms. The van der Waals surface area contributed by atoms with Crippen LogP contribution < -0.4 is 9.62 Å². The number of rotatable bonds is 11. The fourth-order valence-corrected chi connectivity index (χ4v) is 5.33. The van der Waals surface area contributed by atoms with E-state index >= 15 is 0 Å². The number of nitrogens with zero attached hydrogens (tertiary/aromatic N) is 2. The molecule has 0 aliphatic heterocycles. The molecule has 7 nitrogen and oxygen atoms in total. The summed E-state index contributed by atoms with van der Waals surface area (Å²) in [7, 11) is -4.13. The Morgan fingerprint density at radius 1 is 0.895 bits per heavy atom. The molecule has 0 saturated heterocycles. The third kappa shape index (κ3) is 7.58. The first kappa shape index (κ1) is 29.2. The van der Waals surface area contributed by atoms with Gasteiger partial charge in [0.1, 0.15) is 12.6 Å². The molecule has 2 amide bonds. The number of sulfonamides is 1. The molecule has 9 heteroatoms. The number of hydrogen-bond acceptors (Lipinski definition) is 4. The first-order valence-corrected chi connectivity index (χ1v) is 14.3. The lowest BCUT2D eigenvalue weighted by molar-refractivity contribution is -0.139. The van der Waals surface area contributed by atoms with Crippen molar-refractivity contribution in [3.63, 3.8) is 0 Å². The molecule has 0 aliphatic rings. The van der Waals surface area contributed by atoms with Gasteiger partial charge in [-0.3, -0.25) is 13.9 Å². The van der Waals surface area contributed by atoms with Crippen molar-refractivity contribution in [3.8, 4) is 0 Å². The Bertz CT molecular complexity index is 1330. The standard InChI is InChI=1S/C29H34ClN3O4S/c1-21(2)18-31-29(35)23(4)32(19-24-8-6-5-7-9-24)28(34)20-33(26-14-10-22(3)11-15-26)38(36,37)27-16-12-25(30)13-17-27/h5-17,21,23H,18-20H2,1-4H3,(H,31,35). The smallest absolute Gasteiger partial charge is 0.264 e. The van der Waals surface area contributed by atoms with E-state index in [2.05, 4.69) is 5.32 Å². The number of aryl methyl sites for hydroxylation is 1. The van der Waals surface area contributed by atoms with E-state index in [0.717, 1.165) is 15.4 Å². The number of hydrogen-bond donors (Lipinski definition) is 1. The Labute approximate surface area is 230 Å². The summed E-state index contributed by atoms with van der Waals surface area (Å²) in [5.41, 5.74) is 2.12. The molecular weight excluding hydrogens is 522 g/mol. The van der Waals surface area contributed by atoms with Gasteiger partial charge in [0.05, 0.1) is 10.6 Å². The van der Waals surface area contributed by atoms with Crippen LogP contribution in [0.1, 0.15) is 31.9 Å². The van der Waals surface area contributed by atoms with Gasteiger partial charge in [0.15, 0.2) is 0 Å². The van der Waals surface area contributed by atoms with Gasteiger partial charge < -0.3 is 10.2 Å². The lowest BCUT2D eigenvalue weighted by atomic mass is 10.1. The molecule has 202 valence electrons. The van der Waals surface area contributed by atoms with Gasteiger partial charge >= 0.3 is 0 Å². The van der Waals surface area contributed by atoms with E-state index in [1.165, 1.54) is 29.2 Å². The summed E-state index contributed by atoms with van der Waals surface area (Å²) in [5.74, 6) is -0.560. The van der Waals surface area contributed by atoms with Crippen LogP contribution in [0.4, 0.5) is 5.69 Å². The molecule has 0 spiro atoms. The van der Waals surface area contributed by atoms with Gasteiger partial charge in [-0.05, 0) is 61.7 Å². The summed E-state index contributed by atoms with van der Waals surface area (Å²) in [6.07, 6.45) is 0. The van der Waals surface area contributed by atoms with Gasteiger partial charge in [-0.15, -0.1) is 0 Å². The zero-order valence-electron chi connectivity index (χ0n) is 22.1. The largest absolute Gasteiger partial charge is 0.354 e. The average molecular weight is 556 g/mol. The van der Waals surface area contributed by atoms with Crippen LogP contribution in [0.25, 0.3) is 0 Å². The van der Waals surface area contributed by atoms with Gasteiger partial charge in [-0.2, -0.15) is 0 Å². The second-order valence-corrected chi connectivity index (χ2v) is 11.9. The first-order valence-electron chi connectivity index (χ1n) is 12.4. The third-order valence-electron chi connectivity index (χ3n) is 6.05. The topological polar surface area (TPSA) is 86.8 Å². The molecular formula is C29H34ClN3O4S. The van der Waals surface area contributed by atoms with Crippen LogP contribution in [0.2, 0.25) is 5.02 Å². The van der Waals surface area contributed by atoms with Crippen molar-refractivity contribution in [3.05, 3.63) is 95.0 Å². The third-order valence-corrected chi connectivity index (χ3v) is 8.09. The van der Waals surface area contributed by atoms with Gasteiger partial charge in [-0.25, -0.2) is 8.42 Å². The number of carbonyl (C=O) groups is 2. The Kier molecular flexibility index (Phi) is 9.94. The summed E-state index contributed by atoms with van der Waals surface area (Å²) in [6, 6.07) is 21.2. The first-order chi connectivity index (χ1) is 18.0. The predicted octanol–water partition coefficient (Wildman–Crippen LogP) is 5.03. The molecule has 0 aliphatic carbocycles. The Hall–Kier alpha value is -3.36. The van der Waals surface area contributed by atoms with Gasteiger partial charge in [0.25, 0.3) is 10.0 Å². The maximum absolute atomic E-state index is 13.8. The van der Waals surface area contributed by atoms with Crippen molar-refractivity contribution in [2.75, 3.05) is 17.4 Å². The Morgan fingerprint density at radius 2 is 1.50 bits per heavy atom. The van der Waals surface area contributed by atoms with E-state index in [1.807, 2.05) is 51.1 Å². The van der Waals surface area contributed by atoms with E-state index in [1.54, 1.807) is 31.2 Å². The van der Waals surface area contributed by atoms with Crippen LogP contribution in [-0.2, 0) is 26.2 Å². The molecule has 3 aromatic carbocycles. The Balaban J connectivity index is 1.99. The van der Waals surface area contributed by atoms with Crippen LogP contribution in [0.5, 0.6) is 0 Å². The maximum atomic E-state index is 13.8. The molecule has 1 N–H and O–H groups in total. The normalized spacial score (nSPS) is 12.2. The van der Waals surface area contributed by atoms with Crippen molar-refractivity contribution in [1.29, 1.82) is 0 Å². The minimum Gasteiger partial charge on any atom is -0.354 e. The summed E-state index contributed by atoms with van der Waals surface area (Å²) in [6.45, 7) is 7.66. The summed E-state index contributed by atoms with van der Waals surface area (Å²) >= 11 is 5.98. The molecule has 0 radical (unpaired) electrons. The van der Waals surface area contributed by atoms with Gasteiger partial charge in [-0.1, -0.05) is 73.5 Å². The fraction of sp³-hybridized carbons (Fsp3) is 0.310. The Morgan fingerprint density at radius 3 is 2.08 bits per heavy atom. The molecule has 38 heavy (non-hydrogen) atoms. The van der Waals surface area contributed by atoms with E-state index in [-0.39, 0.29) is 23.3 Å². The number of nitrogens with one attached hydrogen (secondary N) is 1. The summed E-state index contributed by atoms with van der Waals surface area (Å²) < 4.78 is 28.6. The average Bonchev–Trinajstić information content (AvgIpc) is 2.89. The molecule has 0 fully saturated rings. The van der Waals surface area contributed by atoms with Crippen LogP contribution in [-0.4, -0.2) is 44.3 Å². The van der Waals surface area contributed by atoms with Crippen LogP contribution >= 0.6 is 11.6 Å². The fourth-order valence-electron chi connectivity index (χ4n) is 3.79. The van der Waals surface area contributed by atoms with Crippen molar-refractivity contribution in [1.82, 2.24) is 10.2 Å². The van der Waals surface area contributed by atoms with Crippen molar-refractivity contribution < 1.29 is 18.0 Å². The monoisotopic (exact) mass is 555 g/mol. The van der Waals surface area contributed by atoms with Crippen molar-refractivity contribution >= 4 is 39.1 Å². The molecule has 3 aromatic rings. The lowest BCUT2D eigenvalue weighted by Crippen LogP contribution is -2.51. The maximum Gasteiger partial charge on any atom is 0.264 e. The summed E-state index contributed by atoms with van der Waals surface area (Å²) in [4.78, 5) is 28.2. The molecule has 0 heterocycles. The number of benzene rings is 3. The van der Waals surface area contributed by atoms with Crippen LogP contribution in [0.3, 0.4) is 0 Å².